The highest BCUT2D eigenvalue weighted by Gasteiger charge is 2.21. The van der Waals surface area contributed by atoms with E-state index in [1.54, 1.807) is 6.20 Å². The summed E-state index contributed by atoms with van der Waals surface area (Å²) in [5.74, 6) is 1.53. The van der Waals surface area contributed by atoms with E-state index in [2.05, 4.69) is 9.88 Å². The first-order chi connectivity index (χ1) is 13.7. The molecule has 1 fully saturated rings. The predicted molar refractivity (Wildman–Crippen MR) is 109 cm³/mol. The Morgan fingerprint density at radius 2 is 1.79 bits per heavy atom. The second-order valence-electron chi connectivity index (χ2n) is 6.91. The van der Waals surface area contributed by atoms with Crippen LogP contribution in [0.3, 0.4) is 0 Å². The summed E-state index contributed by atoms with van der Waals surface area (Å²) in [5.41, 5.74) is 1.70. The van der Waals surface area contributed by atoms with E-state index in [1.165, 1.54) is 0 Å². The molecule has 144 valence electrons. The van der Waals surface area contributed by atoms with Crippen LogP contribution >= 0.6 is 11.6 Å². The van der Waals surface area contributed by atoms with Gasteiger partial charge in [0.25, 0.3) is 5.91 Å². The van der Waals surface area contributed by atoms with Gasteiger partial charge < -0.3 is 9.32 Å². The lowest BCUT2D eigenvalue weighted by Gasteiger charge is -2.21. The summed E-state index contributed by atoms with van der Waals surface area (Å²) < 4.78 is 5.92. The molecule has 0 saturated carbocycles. The highest BCUT2D eigenvalue weighted by atomic mass is 35.5. The Morgan fingerprint density at radius 3 is 2.57 bits per heavy atom. The third kappa shape index (κ3) is 4.43. The zero-order valence-corrected chi connectivity index (χ0v) is 16.3. The highest BCUT2D eigenvalue weighted by molar-refractivity contribution is 6.30. The fourth-order valence-electron chi connectivity index (χ4n) is 3.42. The van der Waals surface area contributed by atoms with Gasteiger partial charge in [-0.15, -0.1) is 0 Å². The Kier molecular flexibility index (Phi) is 5.74. The summed E-state index contributed by atoms with van der Waals surface area (Å²) in [6.45, 7) is 3.83. The molecule has 4 rings (SSSR count). The average Bonchev–Trinajstić information content (AvgIpc) is 3.06. The van der Waals surface area contributed by atoms with Crippen LogP contribution in [0.5, 0.6) is 0 Å². The summed E-state index contributed by atoms with van der Waals surface area (Å²) in [5, 5.41) is 0.697. The molecule has 0 aliphatic carbocycles. The van der Waals surface area contributed by atoms with Crippen LogP contribution in [0.25, 0.3) is 11.3 Å². The van der Waals surface area contributed by atoms with Crippen molar-refractivity contribution in [3.05, 3.63) is 77.3 Å². The van der Waals surface area contributed by atoms with Crippen LogP contribution in [0.4, 0.5) is 0 Å². The van der Waals surface area contributed by atoms with Gasteiger partial charge >= 0.3 is 0 Å². The van der Waals surface area contributed by atoms with Crippen LogP contribution in [0.15, 0.2) is 65.2 Å². The van der Waals surface area contributed by atoms with Gasteiger partial charge in [-0.1, -0.05) is 29.8 Å². The molecule has 0 N–H and O–H groups in total. The lowest BCUT2D eigenvalue weighted by molar-refractivity contribution is 0.0760. The molecule has 1 aliphatic heterocycles. The van der Waals surface area contributed by atoms with Crippen LogP contribution in [0.2, 0.25) is 5.02 Å². The third-order valence-electron chi connectivity index (χ3n) is 4.94. The van der Waals surface area contributed by atoms with Gasteiger partial charge in [-0.05, 0) is 42.8 Å². The molecule has 1 aromatic heterocycles. The van der Waals surface area contributed by atoms with Gasteiger partial charge in [-0.25, -0.2) is 4.98 Å². The zero-order valence-electron chi connectivity index (χ0n) is 15.6. The van der Waals surface area contributed by atoms with Crippen molar-refractivity contribution in [1.29, 1.82) is 0 Å². The maximum absolute atomic E-state index is 12.7. The Morgan fingerprint density at radius 1 is 1.00 bits per heavy atom. The number of hydrogen-bond donors (Lipinski definition) is 0. The third-order valence-corrected chi connectivity index (χ3v) is 5.19. The highest BCUT2D eigenvalue weighted by Crippen LogP contribution is 2.23. The normalized spacial score (nSPS) is 15.4. The van der Waals surface area contributed by atoms with Crippen LogP contribution in [0, 0.1) is 0 Å². The largest absolute Gasteiger partial charge is 0.439 e. The Labute approximate surface area is 169 Å². The van der Waals surface area contributed by atoms with Crippen molar-refractivity contribution in [2.45, 2.75) is 13.0 Å². The number of aromatic nitrogens is 1. The standard InChI is InChI=1S/C22H22ClN3O2/c23-19-9-7-17(8-10-19)20-15-24-21(28-20)16-25-11-4-12-26(14-13-25)22(27)18-5-2-1-3-6-18/h1-3,5-10,15H,4,11-14,16H2. The molecular formula is C22H22ClN3O2. The number of oxazole rings is 1. The topological polar surface area (TPSA) is 49.6 Å². The number of rotatable bonds is 4. The molecule has 0 atom stereocenters. The van der Waals surface area contributed by atoms with Crippen LogP contribution < -0.4 is 0 Å². The van der Waals surface area contributed by atoms with Crippen molar-refractivity contribution in [3.63, 3.8) is 0 Å². The maximum atomic E-state index is 12.7. The minimum absolute atomic E-state index is 0.101. The van der Waals surface area contributed by atoms with Crippen molar-refractivity contribution < 1.29 is 9.21 Å². The smallest absolute Gasteiger partial charge is 0.253 e. The molecule has 0 unspecified atom stereocenters. The molecule has 2 aromatic carbocycles. The predicted octanol–water partition coefficient (Wildman–Crippen LogP) is 4.34. The SMILES string of the molecule is O=C(c1ccccc1)N1CCCN(Cc2ncc(-c3ccc(Cl)cc3)o2)CC1. The van der Waals surface area contributed by atoms with E-state index < -0.39 is 0 Å². The summed E-state index contributed by atoms with van der Waals surface area (Å²) in [4.78, 5) is 21.3. The zero-order chi connectivity index (χ0) is 19.3. The van der Waals surface area contributed by atoms with Gasteiger partial charge in [-0.2, -0.15) is 0 Å². The first kappa shape index (κ1) is 18.7. The van der Waals surface area contributed by atoms with Crippen molar-refractivity contribution in [2.24, 2.45) is 0 Å². The fraction of sp³-hybridized carbons (Fsp3) is 0.273. The molecule has 1 saturated heterocycles. The van der Waals surface area contributed by atoms with Gasteiger partial charge in [0, 0.05) is 42.3 Å². The molecule has 1 amide bonds. The van der Waals surface area contributed by atoms with Crippen LogP contribution in [-0.2, 0) is 6.54 Å². The molecule has 6 heteroatoms. The van der Waals surface area contributed by atoms with E-state index in [1.807, 2.05) is 59.5 Å². The summed E-state index contributed by atoms with van der Waals surface area (Å²) >= 11 is 5.94. The summed E-state index contributed by atoms with van der Waals surface area (Å²) in [6, 6.07) is 17.0. The monoisotopic (exact) mass is 395 g/mol. The van der Waals surface area contributed by atoms with E-state index in [0.29, 0.717) is 24.0 Å². The molecule has 3 aromatic rings. The van der Waals surface area contributed by atoms with Crippen molar-refractivity contribution >= 4 is 17.5 Å². The van der Waals surface area contributed by atoms with Crippen LogP contribution in [0.1, 0.15) is 22.7 Å². The molecular weight excluding hydrogens is 374 g/mol. The lowest BCUT2D eigenvalue weighted by atomic mass is 10.2. The van der Waals surface area contributed by atoms with Gasteiger partial charge in [0.15, 0.2) is 5.76 Å². The number of carbonyl (C=O) groups is 1. The van der Waals surface area contributed by atoms with Crippen molar-refractivity contribution in [2.75, 3.05) is 26.2 Å². The number of carbonyl (C=O) groups excluding carboxylic acids is 1. The van der Waals surface area contributed by atoms with Gasteiger partial charge in [0.2, 0.25) is 5.89 Å². The van der Waals surface area contributed by atoms with Gasteiger partial charge in [0.1, 0.15) is 0 Å². The van der Waals surface area contributed by atoms with Crippen molar-refractivity contribution in [1.82, 2.24) is 14.8 Å². The summed E-state index contributed by atoms with van der Waals surface area (Å²) in [6.07, 6.45) is 2.69. The van der Waals surface area contributed by atoms with E-state index in [0.717, 1.165) is 42.9 Å². The number of halogens is 1. The lowest BCUT2D eigenvalue weighted by Crippen LogP contribution is -2.35. The molecule has 5 nitrogen and oxygen atoms in total. The summed E-state index contributed by atoms with van der Waals surface area (Å²) in [7, 11) is 0. The minimum atomic E-state index is 0.101. The van der Waals surface area contributed by atoms with E-state index in [9.17, 15) is 4.79 Å². The van der Waals surface area contributed by atoms with E-state index >= 15 is 0 Å². The maximum Gasteiger partial charge on any atom is 0.253 e. The molecule has 2 heterocycles. The molecule has 1 aliphatic rings. The second kappa shape index (κ2) is 8.59. The van der Waals surface area contributed by atoms with Crippen molar-refractivity contribution in [3.8, 4) is 11.3 Å². The molecule has 28 heavy (non-hydrogen) atoms. The molecule has 0 bridgehead atoms. The van der Waals surface area contributed by atoms with E-state index in [-0.39, 0.29) is 5.91 Å². The quantitative estimate of drug-likeness (QED) is 0.659. The first-order valence-electron chi connectivity index (χ1n) is 9.46. The first-order valence-corrected chi connectivity index (χ1v) is 9.84. The van der Waals surface area contributed by atoms with Gasteiger partial charge in [-0.3, -0.25) is 9.69 Å². The number of hydrogen-bond acceptors (Lipinski definition) is 4. The Hall–Kier alpha value is -2.63. The molecule has 0 spiro atoms. The number of benzene rings is 2. The minimum Gasteiger partial charge on any atom is -0.439 e. The van der Waals surface area contributed by atoms with Gasteiger partial charge in [0.05, 0.1) is 12.7 Å². The fourth-order valence-corrected chi connectivity index (χ4v) is 3.54. The second-order valence-corrected chi connectivity index (χ2v) is 7.35. The number of nitrogens with zero attached hydrogens (tertiary/aromatic N) is 3. The Bertz CT molecular complexity index is 924. The van der Waals surface area contributed by atoms with E-state index in [4.69, 9.17) is 16.0 Å². The average molecular weight is 396 g/mol. The van der Waals surface area contributed by atoms with Crippen LogP contribution in [-0.4, -0.2) is 46.9 Å². The Balaban J connectivity index is 1.36. The number of amides is 1. The molecule has 0 radical (unpaired) electrons.